The Bertz CT molecular complexity index is 67.9. The number of rotatable bonds is 4. The molecule has 0 saturated carbocycles. The lowest BCUT2D eigenvalue weighted by Gasteiger charge is -2.14. The van der Waals surface area contributed by atoms with Crippen molar-refractivity contribution >= 4 is 0 Å². The van der Waals surface area contributed by atoms with Crippen molar-refractivity contribution in [3.63, 3.8) is 0 Å². The SMILES string of the molecule is CC(O)(O)CCCCN. The van der Waals surface area contributed by atoms with Crippen molar-refractivity contribution in [3.8, 4) is 0 Å². The van der Waals surface area contributed by atoms with Gasteiger partial charge in [0, 0.05) is 6.42 Å². The molecule has 0 heterocycles. The van der Waals surface area contributed by atoms with Crippen LogP contribution in [0.4, 0.5) is 0 Å². The first-order valence-corrected chi connectivity index (χ1v) is 3.21. The predicted octanol–water partition coefficient (Wildman–Crippen LogP) is -0.184. The van der Waals surface area contributed by atoms with Crippen LogP contribution in [0.3, 0.4) is 0 Å². The van der Waals surface area contributed by atoms with Crippen LogP contribution in [0.5, 0.6) is 0 Å². The van der Waals surface area contributed by atoms with E-state index in [2.05, 4.69) is 0 Å². The summed E-state index contributed by atoms with van der Waals surface area (Å²) in [4.78, 5) is 0. The van der Waals surface area contributed by atoms with E-state index in [0.29, 0.717) is 13.0 Å². The molecule has 0 fully saturated rings. The normalized spacial score (nSPS) is 12.0. The zero-order valence-corrected chi connectivity index (χ0v) is 5.80. The molecule has 0 saturated heterocycles. The van der Waals surface area contributed by atoms with Crippen LogP contribution in [0.1, 0.15) is 26.2 Å². The summed E-state index contributed by atoms with van der Waals surface area (Å²) in [5, 5.41) is 17.5. The number of unbranched alkanes of at least 4 members (excludes halogenated alkanes) is 1. The highest BCUT2D eigenvalue weighted by atomic mass is 16.5. The predicted molar refractivity (Wildman–Crippen MR) is 35.7 cm³/mol. The monoisotopic (exact) mass is 133 g/mol. The number of nitrogens with two attached hydrogens (primary N) is 1. The van der Waals surface area contributed by atoms with E-state index in [1.54, 1.807) is 0 Å². The average Bonchev–Trinajstić information content (AvgIpc) is 1.63. The van der Waals surface area contributed by atoms with Gasteiger partial charge < -0.3 is 15.9 Å². The topological polar surface area (TPSA) is 66.5 Å². The van der Waals surface area contributed by atoms with E-state index in [0.717, 1.165) is 12.8 Å². The van der Waals surface area contributed by atoms with E-state index < -0.39 is 5.79 Å². The molecule has 0 atom stereocenters. The summed E-state index contributed by atoms with van der Waals surface area (Å²) >= 11 is 0. The molecular weight excluding hydrogens is 118 g/mol. The van der Waals surface area contributed by atoms with Gasteiger partial charge in [0.1, 0.15) is 0 Å². The highest BCUT2D eigenvalue weighted by Crippen LogP contribution is 2.07. The first kappa shape index (κ1) is 8.88. The highest BCUT2D eigenvalue weighted by Gasteiger charge is 2.12. The molecule has 3 heteroatoms. The van der Waals surface area contributed by atoms with Gasteiger partial charge in [0.15, 0.2) is 5.79 Å². The number of hydrogen-bond acceptors (Lipinski definition) is 3. The smallest absolute Gasteiger partial charge is 0.159 e. The lowest BCUT2D eigenvalue weighted by molar-refractivity contribution is -0.150. The molecule has 0 aliphatic heterocycles. The Balaban J connectivity index is 3.07. The molecule has 0 aliphatic carbocycles. The van der Waals surface area contributed by atoms with E-state index in [1.807, 2.05) is 0 Å². The van der Waals surface area contributed by atoms with E-state index in [1.165, 1.54) is 6.92 Å². The quantitative estimate of drug-likeness (QED) is 0.368. The molecule has 0 aliphatic rings. The van der Waals surface area contributed by atoms with Gasteiger partial charge in [-0.1, -0.05) is 0 Å². The second-order valence-electron chi connectivity index (χ2n) is 2.46. The lowest BCUT2D eigenvalue weighted by Crippen LogP contribution is -2.22. The fourth-order valence-corrected chi connectivity index (χ4v) is 0.604. The maximum absolute atomic E-state index is 8.76. The van der Waals surface area contributed by atoms with Crippen LogP contribution in [0, 0.1) is 0 Å². The summed E-state index contributed by atoms with van der Waals surface area (Å²) in [6, 6.07) is 0. The third-order valence-electron chi connectivity index (χ3n) is 1.10. The Morgan fingerprint density at radius 3 is 2.22 bits per heavy atom. The van der Waals surface area contributed by atoms with Crippen LogP contribution < -0.4 is 5.73 Å². The maximum Gasteiger partial charge on any atom is 0.159 e. The Hall–Kier alpha value is -0.120. The first-order valence-electron chi connectivity index (χ1n) is 3.21. The highest BCUT2D eigenvalue weighted by molar-refractivity contribution is 4.55. The number of aliphatic hydroxyl groups is 2. The molecular formula is C6H15NO2. The van der Waals surface area contributed by atoms with Crippen LogP contribution in [0.2, 0.25) is 0 Å². The molecule has 9 heavy (non-hydrogen) atoms. The van der Waals surface area contributed by atoms with Crippen molar-refractivity contribution in [3.05, 3.63) is 0 Å². The lowest BCUT2D eigenvalue weighted by atomic mass is 10.1. The summed E-state index contributed by atoms with van der Waals surface area (Å²) in [6.07, 6.45) is 2.04. The van der Waals surface area contributed by atoms with Gasteiger partial charge in [0.05, 0.1) is 0 Å². The molecule has 0 radical (unpaired) electrons. The summed E-state index contributed by atoms with van der Waals surface area (Å²) in [5.74, 6) is -1.50. The molecule has 0 aromatic carbocycles. The van der Waals surface area contributed by atoms with Crippen LogP contribution in [-0.4, -0.2) is 22.5 Å². The van der Waals surface area contributed by atoms with E-state index in [4.69, 9.17) is 15.9 Å². The van der Waals surface area contributed by atoms with Crippen LogP contribution in [0.25, 0.3) is 0 Å². The van der Waals surface area contributed by atoms with Crippen LogP contribution in [-0.2, 0) is 0 Å². The van der Waals surface area contributed by atoms with Crippen molar-refractivity contribution in [2.45, 2.75) is 32.0 Å². The molecule has 0 aromatic heterocycles. The van der Waals surface area contributed by atoms with Crippen molar-refractivity contribution in [1.82, 2.24) is 0 Å². The fourth-order valence-electron chi connectivity index (χ4n) is 0.604. The van der Waals surface area contributed by atoms with Crippen molar-refractivity contribution in [1.29, 1.82) is 0 Å². The van der Waals surface area contributed by atoms with Crippen molar-refractivity contribution < 1.29 is 10.2 Å². The van der Waals surface area contributed by atoms with Gasteiger partial charge in [-0.15, -0.1) is 0 Å². The average molecular weight is 133 g/mol. The van der Waals surface area contributed by atoms with E-state index in [9.17, 15) is 0 Å². The minimum atomic E-state index is -1.50. The van der Waals surface area contributed by atoms with Gasteiger partial charge in [0.2, 0.25) is 0 Å². The van der Waals surface area contributed by atoms with Gasteiger partial charge >= 0.3 is 0 Å². The third kappa shape index (κ3) is 7.88. The zero-order chi connectivity index (χ0) is 7.33. The molecule has 0 spiro atoms. The molecule has 0 unspecified atom stereocenters. The molecule has 0 aromatic rings. The summed E-state index contributed by atoms with van der Waals surface area (Å²) in [5.41, 5.74) is 5.19. The second kappa shape index (κ2) is 3.82. The molecule has 0 rings (SSSR count). The van der Waals surface area contributed by atoms with Gasteiger partial charge in [0.25, 0.3) is 0 Å². The zero-order valence-electron chi connectivity index (χ0n) is 5.80. The molecule has 56 valence electrons. The molecule has 0 amide bonds. The van der Waals surface area contributed by atoms with Crippen molar-refractivity contribution in [2.24, 2.45) is 5.73 Å². The molecule has 3 nitrogen and oxygen atoms in total. The molecule has 4 N–H and O–H groups in total. The first-order chi connectivity index (χ1) is 4.06. The van der Waals surface area contributed by atoms with Crippen LogP contribution in [0.15, 0.2) is 0 Å². The van der Waals surface area contributed by atoms with E-state index in [-0.39, 0.29) is 0 Å². The number of hydrogen-bond donors (Lipinski definition) is 3. The third-order valence-corrected chi connectivity index (χ3v) is 1.10. The maximum atomic E-state index is 8.76. The Kier molecular flexibility index (Phi) is 3.77. The Labute approximate surface area is 55.5 Å². The Morgan fingerprint density at radius 2 is 1.89 bits per heavy atom. The standard InChI is InChI=1S/C6H15NO2/c1-6(8,9)4-2-3-5-7/h8-9H,2-5,7H2,1H3. The Morgan fingerprint density at radius 1 is 1.33 bits per heavy atom. The van der Waals surface area contributed by atoms with Crippen molar-refractivity contribution in [2.75, 3.05) is 6.54 Å². The molecule has 0 bridgehead atoms. The fraction of sp³-hybridized carbons (Fsp3) is 1.00. The second-order valence-corrected chi connectivity index (χ2v) is 2.46. The van der Waals surface area contributed by atoms with Gasteiger partial charge in [-0.25, -0.2) is 0 Å². The van der Waals surface area contributed by atoms with Crippen LogP contribution >= 0.6 is 0 Å². The minimum Gasteiger partial charge on any atom is -0.366 e. The van der Waals surface area contributed by atoms with Gasteiger partial charge in [-0.05, 0) is 26.3 Å². The summed E-state index contributed by atoms with van der Waals surface area (Å²) in [7, 11) is 0. The van der Waals surface area contributed by atoms with Gasteiger partial charge in [-0.3, -0.25) is 0 Å². The summed E-state index contributed by atoms with van der Waals surface area (Å²) in [6.45, 7) is 2.00. The minimum absolute atomic E-state index is 0.407. The van der Waals surface area contributed by atoms with Gasteiger partial charge in [-0.2, -0.15) is 0 Å². The summed E-state index contributed by atoms with van der Waals surface area (Å²) < 4.78 is 0. The van der Waals surface area contributed by atoms with E-state index >= 15 is 0 Å². The largest absolute Gasteiger partial charge is 0.366 e.